The van der Waals surface area contributed by atoms with Gasteiger partial charge < -0.3 is 8.85 Å². The van der Waals surface area contributed by atoms with Crippen LogP contribution in [0, 0.1) is 28.6 Å². The van der Waals surface area contributed by atoms with Crippen molar-refractivity contribution in [2.24, 2.45) is 28.6 Å². The van der Waals surface area contributed by atoms with Gasteiger partial charge in [0.2, 0.25) is 0 Å². The summed E-state index contributed by atoms with van der Waals surface area (Å²) in [5.74, 6) is 2.64. The van der Waals surface area contributed by atoms with Crippen LogP contribution >= 0.6 is 0 Å². The van der Waals surface area contributed by atoms with Gasteiger partial charge >= 0.3 is 0 Å². The number of rotatable bonds is 4. The molecular weight excluding hydrogens is 388 g/mol. The number of fused-ring (bicyclic) bond motifs is 5. The van der Waals surface area contributed by atoms with E-state index in [1.165, 1.54) is 51.4 Å². The van der Waals surface area contributed by atoms with Crippen LogP contribution in [-0.4, -0.2) is 28.8 Å². The number of hydrogen-bond acceptors (Lipinski definition) is 2. The molecule has 0 spiro atoms. The minimum absolute atomic E-state index is 0.418. The van der Waals surface area contributed by atoms with Crippen LogP contribution in [-0.2, 0) is 8.85 Å². The summed E-state index contributed by atoms with van der Waals surface area (Å²) in [7, 11) is -2.93. The third-order valence-corrected chi connectivity index (χ3v) is 11.0. The molecule has 3 fully saturated rings. The van der Waals surface area contributed by atoms with Gasteiger partial charge in [0.15, 0.2) is 16.6 Å². The molecule has 2 nitrogen and oxygen atoms in total. The molecule has 0 heterocycles. The normalized spacial score (nSPS) is 45.2. The molecule has 0 aromatic carbocycles. The zero-order chi connectivity index (χ0) is 21.2. The van der Waals surface area contributed by atoms with Crippen LogP contribution in [0.4, 0.5) is 0 Å². The molecule has 0 radical (unpaired) electrons. The van der Waals surface area contributed by atoms with Gasteiger partial charge in [0.25, 0.3) is 0 Å². The molecule has 0 aromatic rings. The fourth-order valence-electron chi connectivity index (χ4n) is 7.80. The molecule has 0 aromatic heterocycles. The second-order valence-corrected chi connectivity index (χ2v) is 22.1. The minimum atomic E-state index is -1.48. The van der Waals surface area contributed by atoms with Gasteiger partial charge in [-0.1, -0.05) is 25.5 Å². The van der Waals surface area contributed by atoms with E-state index in [9.17, 15) is 0 Å². The summed E-state index contributed by atoms with van der Waals surface area (Å²) in [6.07, 6.45) is 14.3. The van der Waals surface area contributed by atoms with Crippen LogP contribution < -0.4 is 0 Å². The van der Waals surface area contributed by atoms with Gasteiger partial charge in [-0.2, -0.15) is 0 Å². The van der Waals surface area contributed by atoms with Crippen molar-refractivity contribution in [1.29, 1.82) is 0 Å². The van der Waals surface area contributed by atoms with Crippen molar-refractivity contribution >= 4 is 16.6 Å². The molecule has 166 valence electrons. The van der Waals surface area contributed by atoms with E-state index in [1.54, 1.807) is 5.57 Å². The van der Waals surface area contributed by atoms with Crippen molar-refractivity contribution in [1.82, 2.24) is 0 Å². The molecule has 0 bridgehead atoms. The molecule has 29 heavy (non-hydrogen) atoms. The third-order valence-electron chi connectivity index (χ3n) is 8.99. The molecule has 7 atom stereocenters. The second-order valence-electron chi connectivity index (χ2n) is 13.2. The second kappa shape index (κ2) is 7.32. The Labute approximate surface area is 182 Å². The molecular formula is C25H46O2Si2. The first kappa shape index (κ1) is 22.3. The Hall–Kier alpha value is 0.0938. The highest BCUT2D eigenvalue weighted by Crippen LogP contribution is 2.65. The maximum absolute atomic E-state index is 6.75. The predicted molar refractivity (Wildman–Crippen MR) is 128 cm³/mol. The van der Waals surface area contributed by atoms with E-state index in [0.29, 0.717) is 23.0 Å². The smallest absolute Gasteiger partial charge is 0.184 e. The van der Waals surface area contributed by atoms with E-state index in [4.69, 9.17) is 8.85 Å². The van der Waals surface area contributed by atoms with Crippen molar-refractivity contribution in [2.45, 2.75) is 117 Å². The molecule has 2 unspecified atom stereocenters. The summed E-state index contributed by atoms with van der Waals surface area (Å²) >= 11 is 0. The fraction of sp³-hybridized carbons (Fsp3) is 0.920. The van der Waals surface area contributed by atoms with Crippen molar-refractivity contribution < 1.29 is 8.85 Å². The molecule has 0 amide bonds. The van der Waals surface area contributed by atoms with E-state index in [2.05, 4.69) is 59.2 Å². The average molecular weight is 435 g/mol. The lowest BCUT2D eigenvalue weighted by atomic mass is 9.48. The van der Waals surface area contributed by atoms with Crippen LogP contribution in [0.15, 0.2) is 11.6 Å². The van der Waals surface area contributed by atoms with Gasteiger partial charge in [-0.25, -0.2) is 0 Å². The molecule has 3 saturated carbocycles. The summed E-state index contributed by atoms with van der Waals surface area (Å²) in [5.41, 5.74) is 2.60. The van der Waals surface area contributed by atoms with Crippen molar-refractivity contribution in [2.75, 3.05) is 0 Å². The van der Waals surface area contributed by atoms with Gasteiger partial charge in [0.05, 0.1) is 6.10 Å². The Morgan fingerprint density at radius 1 is 0.828 bits per heavy atom. The van der Waals surface area contributed by atoms with Crippen molar-refractivity contribution in [3.8, 4) is 0 Å². The van der Waals surface area contributed by atoms with Crippen LogP contribution in [0.3, 0.4) is 0 Å². The first-order valence-electron chi connectivity index (χ1n) is 12.4. The molecule has 4 heteroatoms. The standard InChI is InChI=1S/C25H46O2Si2/c1-24-15-13-19(26-28(3,4)5)17-18(24)9-10-20-21-11-12-23(27-29(6,7)8)25(21,2)16-14-22(20)24/h9,19-23H,10-17H2,1-8H3/t19?,20-,21-,22-,23?,24-,25-/m0/s1. The molecule has 0 aliphatic heterocycles. The van der Waals surface area contributed by atoms with E-state index < -0.39 is 16.6 Å². The highest BCUT2D eigenvalue weighted by Gasteiger charge is 2.59. The van der Waals surface area contributed by atoms with Crippen molar-refractivity contribution in [3.63, 3.8) is 0 Å². The Kier molecular flexibility index (Phi) is 5.62. The molecule has 0 saturated heterocycles. The van der Waals surface area contributed by atoms with Gasteiger partial charge in [-0.05, 0) is 119 Å². The maximum atomic E-state index is 6.75. The molecule has 4 aliphatic carbocycles. The van der Waals surface area contributed by atoms with Gasteiger partial charge in [-0.3, -0.25) is 0 Å². The first-order chi connectivity index (χ1) is 13.3. The maximum Gasteiger partial charge on any atom is 0.184 e. The summed E-state index contributed by atoms with van der Waals surface area (Å²) < 4.78 is 13.3. The van der Waals surface area contributed by atoms with Gasteiger partial charge in [0.1, 0.15) is 0 Å². The van der Waals surface area contributed by atoms with Crippen LogP contribution in [0.5, 0.6) is 0 Å². The van der Waals surface area contributed by atoms with Crippen LogP contribution in [0.25, 0.3) is 0 Å². The Bertz CT molecular complexity index is 661. The largest absolute Gasteiger partial charge is 0.414 e. The lowest BCUT2D eigenvalue weighted by molar-refractivity contribution is -0.0660. The quantitative estimate of drug-likeness (QED) is 0.339. The Morgan fingerprint density at radius 2 is 1.52 bits per heavy atom. The summed E-state index contributed by atoms with van der Waals surface area (Å²) in [6, 6.07) is 0. The lowest BCUT2D eigenvalue weighted by Gasteiger charge is -2.58. The van der Waals surface area contributed by atoms with Crippen LogP contribution in [0.2, 0.25) is 39.3 Å². The fourth-order valence-corrected chi connectivity index (χ4v) is 10.2. The zero-order valence-electron chi connectivity index (χ0n) is 20.4. The molecule has 4 rings (SSSR count). The Balaban J connectivity index is 1.53. The van der Waals surface area contributed by atoms with Gasteiger partial charge in [-0.15, -0.1) is 0 Å². The minimum Gasteiger partial charge on any atom is -0.414 e. The number of hydrogen-bond donors (Lipinski definition) is 0. The highest BCUT2D eigenvalue weighted by molar-refractivity contribution is 6.70. The topological polar surface area (TPSA) is 18.5 Å². The first-order valence-corrected chi connectivity index (χ1v) is 19.2. The zero-order valence-corrected chi connectivity index (χ0v) is 22.4. The monoisotopic (exact) mass is 434 g/mol. The summed E-state index contributed by atoms with van der Waals surface area (Å²) in [4.78, 5) is 0. The van der Waals surface area contributed by atoms with Crippen LogP contribution in [0.1, 0.15) is 65.2 Å². The van der Waals surface area contributed by atoms with E-state index in [0.717, 1.165) is 17.8 Å². The average Bonchev–Trinajstić information content (AvgIpc) is 2.89. The number of allylic oxidation sites excluding steroid dienone is 1. The predicted octanol–water partition coefficient (Wildman–Crippen LogP) is 7.39. The van der Waals surface area contributed by atoms with E-state index in [-0.39, 0.29) is 0 Å². The third kappa shape index (κ3) is 4.13. The summed E-state index contributed by atoms with van der Waals surface area (Å²) in [5, 5.41) is 0. The van der Waals surface area contributed by atoms with E-state index in [1.807, 2.05) is 0 Å². The van der Waals surface area contributed by atoms with Crippen molar-refractivity contribution in [3.05, 3.63) is 11.6 Å². The highest BCUT2D eigenvalue weighted by atomic mass is 28.4. The van der Waals surface area contributed by atoms with Gasteiger partial charge in [0, 0.05) is 6.10 Å². The SMILES string of the molecule is C[C@]12CCC(O[Si](C)(C)C)CC1=CC[C@@H]1[C@@H]2CC[C@]2(C)C(O[Si](C)(C)C)CC[C@@H]12. The molecule has 0 N–H and O–H groups in total. The Morgan fingerprint density at radius 3 is 2.17 bits per heavy atom. The summed E-state index contributed by atoms with van der Waals surface area (Å²) in [6.45, 7) is 19.3. The lowest BCUT2D eigenvalue weighted by Crippen LogP contribution is -2.52. The molecule has 4 aliphatic rings. The van der Waals surface area contributed by atoms with E-state index >= 15 is 0 Å².